The van der Waals surface area contributed by atoms with Gasteiger partial charge < -0.3 is 24.3 Å². The lowest BCUT2D eigenvalue weighted by atomic mass is 9.95. The van der Waals surface area contributed by atoms with Crippen LogP contribution in [0, 0.1) is 0 Å². The summed E-state index contributed by atoms with van der Waals surface area (Å²) in [6.45, 7) is 0.632. The van der Waals surface area contributed by atoms with Crippen LogP contribution in [0.15, 0.2) is 41.4 Å². The van der Waals surface area contributed by atoms with Crippen molar-refractivity contribution in [3.8, 4) is 0 Å². The number of hydrogen-bond acceptors (Lipinski definition) is 8. The number of likely N-dealkylation sites (tertiary alicyclic amines) is 2. The van der Waals surface area contributed by atoms with E-state index in [4.69, 9.17) is 9.15 Å². The molecule has 3 amide bonds. The molecule has 33 heavy (non-hydrogen) atoms. The van der Waals surface area contributed by atoms with Crippen molar-refractivity contribution in [1.82, 2.24) is 25.1 Å². The second kappa shape index (κ2) is 9.80. The van der Waals surface area contributed by atoms with Crippen LogP contribution >= 0.6 is 0 Å². The van der Waals surface area contributed by atoms with Gasteiger partial charge in [0.05, 0.1) is 19.6 Å². The Bertz CT molecular complexity index is 1010. The number of methoxy groups -OCH3 is 1. The summed E-state index contributed by atoms with van der Waals surface area (Å²) in [6, 6.07) is 1.23. The molecule has 2 aromatic rings. The Labute approximate surface area is 190 Å². The number of esters is 1. The first kappa shape index (κ1) is 22.4. The third kappa shape index (κ3) is 4.71. The highest BCUT2D eigenvalue weighted by atomic mass is 16.5. The Hall–Kier alpha value is -3.76. The smallest absolute Gasteiger partial charge is 0.328 e. The molecule has 174 valence electrons. The molecule has 2 aromatic heterocycles. The van der Waals surface area contributed by atoms with E-state index in [1.54, 1.807) is 12.1 Å². The van der Waals surface area contributed by atoms with E-state index in [-0.39, 0.29) is 36.4 Å². The zero-order valence-corrected chi connectivity index (χ0v) is 18.2. The van der Waals surface area contributed by atoms with Crippen LogP contribution in [0.1, 0.15) is 46.7 Å². The Morgan fingerprint density at radius 2 is 1.97 bits per heavy atom. The van der Waals surface area contributed by atoms with Gasteiger partial charge in [0, 0.05) is 31.5 Å². The van der Waals surface area contributed by atoms with Crippen molar-refractivity contribution in [3.05, 3.63) is 48.4 Å². The number of furan rings is 1. The zero-order valence-electron chi connectivity index (χ0n) is 18.2. The van der Waals surface area contributed by atoms with Crippen LogP contribution in [-0.4, -0.2) is 81.8 Å². The predicted molar refractivity (Wildman–Crippen MR) is 113 cm³/mol. The van der Waals surface area contributed by atoms with Crippen LogP contribution in [-0.2, 0) is 14.3 Å². The zero-order chi connectivity index (χ0) is 23.4. The molecule has 0 bridgehead atoms. The molecule has 4 heterocycles. The number of nitrogens with one attached hydrogen (secondary N) is 1. The van der Waals surface area contributed by atoms with Crippen LogP contribution in [0.4, 0.5) is 0 Å². The molecule has 2 aliphatic rings. The van der Waals surface area contributed by atoms with Gasteiger partial charge in [-0.25, -0.2) is 9.78 Å². The summed E-state index contributed by atoms with van der Waals surface area (Å²) in [7, 11) is 1.29. The molecule has 0 aromatic carbocycles. The third-order valence-electron chi connectivity index (χ3n) is 6.02. The number of rotatable bonds is 5. The molecular weight excluding hydrogens is 430 g/mol. The van der Waals surface area contributed by atoms with Crippen molar-refractivity contribution in [2.45, 2.75) is 43.8 Å². The van der Waals surface area contributed by atoms with Crippen LogP contribution in [0.2, 0.25) is 0 Å². The predicted octanol–water partition coefficient (Wildman–Crippen LogP) is 0.637. The van der Waals surface area contributed by atoms with Gasteiger partial charge in [-0.3, -0.25) is 19.4 Å². The van der Waals surface area contributed by atoms with Gasteiger partial charge in [0.1, 0.15) is 17.8 Å². The normalized spacial score (nSPS) is 22.6. The maximum absolute atomic E-state index is 13.6. The molecule has 2 aliphatic heterocycles. The number of nitrogens with zero attached hydrogens (tertiary/aromatic N) is 4. The molecule has 11 nitrogen and oxygen atoms in total. The van der Waals surface area contributed by atoms with Gasteiger partial charge in [-0.05, 0) is 37.8 Å². The Balaban J connectivity index is 1.55. The highest BCUT2D eigenvalue weighted by molar-refractivity contribution is 5.97. The molecule has 4 rings (SSSR count). The minimum Gasteiger partial charge on any atom is -0.467 e. The minimum absolute atomic E-state index is 0.126. The number of aromatic nitrogens is 2. The summed E-state index contributed by atoms with van der Waals surface area (Å²) >= 11 is 0. The van der Waals surface area contributed by atoms with Crippen molar-refractivity contribution >= 4 is 23.7 Å². The van der Waals surface area contributed by atoms with Gasteiger partial charge in [-0.15, -0.1) is 0 Å². The summed E-state index contributed by atoms with van der Waals surface area (Å²) in [5, 5.41) is 2.88. The van der Waals surface area contributed by atoms with Crippen molar-refractivity contribution in [3.63, 3.8) is 0 Å². The van der Waals surface area contributed by atoms with E-state index < -0.39 is 29.9 Å². The summed E-state index contributed by atoms with van der Waals surface area (Å²) in [5.41, 5.74) is 0.166. The maximum atomic E-state index is 13.6. The number of hydrogen-bond donors (Lipinski definition) is 1. The van der Waals surface area contributed by atoms with E-state index >= 15 is 0 Å². The fourth-order valence-corrected chi connectivity index (χ4v) is 4.39. The van der Waals surface area contributed by atoms with Crippen LogP contribution < -0.4 is 5.32 Å². The molecule has 0 unspecified atom stereocenters. The first-order chi connectivity index (χ1) is 16.0. The van der Waals surface area contributed by atoms with E-state index in [1.807, 2.05) is 0 Å². The second-order valence-electron chi connectivity index (χ2n) is 7.99. The average molecular weight is 455 g/mol. The van der Waals surface area contributed by atoms with Crippen molar-refractivity contribution in [1.29, 1.82) is 0 Å². The van der Waals surface area contributed by atoms with Crippen LogP contribution in [0.25, 0.3) is 0 Å². The monoisotopic (exact) mass is 455 g/mol. The van der Waals surface area contributed by atoms with Gasteiger partial charge in [0.15, 0.2) is 5.76 Å². The highest BCUT2D eigenvalue weighted by Crippen LogP contribution is 2.27. The second-order valence-corrected chi connectivity index (χ2v) is 7.99. The summed E-state index contributed by atoms with van der Waals surface area (Å²) < 4.78 is 10.1. The standard InChI is InChI=1S/C22H25N5O6/c1-32-22(31)16-4-2-9-26(16)20(29)17-12-14(25-19(28)15-13-23-7-8-24-15)6-10-27(17)21(30)18-5-3-11-33-18/h3,5,7-8,11,13-14,16-17H,2,4,6,9-10,12H2,1H3,(H,25,28)/t14-,16+,17-/m0/s1. The fraction of sp³-hybridized carbons (Fsp3) is 0.455. The number of amides is 3. The van der Waals surface area contributed by atoms with E-state index in [2.05, 4.69) is 15.3 Å². The van der Waals surface area contributed by atoms with Crippen molar-refractivity contribution in [2.75, 3.05) is 20.2 Å². The molecule has 3 atom stereocenters. The summed E-state index contributed by atoms with van der Waals surface area (Å²) in [5.74, 6) is -1.51. The molecule has 2 saturated heterocycles. The number of carbonyl (C=O) groups excluding carboxylic acids is 4. The fourth-order valence-electron chi connectivity index (χ4n) is 4.39. The number of piperidine rings is 1. The lowest BCUT2D eigenvalue weighted by molar-refractivity contribution is -0.153. The third-order valence-corrected chi connectivity index (χ3v) is 6.02. The van der Waals surface area contributed by atoms with Gasteiger partial charge in [-0.2, -0.15) is 0 Å². The topological polar surface area (TPSA) is 135 Å². The molecule has 11 heteroatoms. The van der Waals surface area contributed by atoms with E-state index in [0.717, 1.165) is 0 Å². The van der Waals surface area contributed by atoms with Crippen molar-refractivity contribution < 1.29 is 28.3 Å². The van der Waals surface area contributed by atoms with E-state index in [1.165, 1.54) is 41.8 Å². The average Bonchev–Trinajstić information content (AvgIpc) is 3.56. The quantitative estimate of drug-likeness (QED) is 0.649. The highest BCUT2D eigenvalue weighted by Gasteiger charge is 2.44. The Morgan fingerprint density at radius 3 is 2.67 bits per heavy atom. The van der Waals surface area contributed by atoms with Crippen LogP contribution in [0.3, 0.4) is 0 Å². The molecule has 0 spiro atoms. The lowest BCUT2D eigenvalue weighted by Crippen LogP contribution is -2.59. The minimum atomic E-state index is -0.867. The Kier molecular flexibility index (Phi) is 6.66. The first-order valence-electron chi connectivity index (χ1n) is 10.8. The van der Waals surface area contributed by atoms with Gasteiger partial charge in [0.2, 0.25) is 5.91 Å². The van der Waals surface area contributed by atoms with Crippen LogP contribution in [0.5, 0.6) is 0 Å². The molecule has 2 fully saturated rings. The summed E-state index contributed by atoms with van der Waals surface area (Å²) in [4.78, 5) is 62.2. The van der Waals surface area contributed by atoms with Gasteiger partial charge in [0.25, 0.3) is 11.8 Å². The van der Waals surface area contributed by atoms with Gasteiger partial charge >= 0.3 is 5.97 Å². The summed E-state index contributed by atoms with van der Waals surface area (Å²) in [6.07, 6.45) is 7.46. The van der Waals surface area contributed by atoms with E-state index in [0.29, 0.717) is 25.8 Å². The molecular formula is C22H25N5O6. The molecule has 1 N–H and O–H groups in total. The van der Waals surface area contributed by atoms with Gasteiger partial charge in [-0.1, -0.05) is 0 Å². The SMILES string of the molecule is COC(=O)[C@H]1CCCN1C(=O)[C@@H]1C[C@@H](NC(=O)c2cnccn2)CCN1C(=O)c1ccco1. The molecule has 0 aliphatic carbocycles. The molecule has 0 radical (unpaired) electrons. The Morgan fingerprint density at radius 1 is 1.12 bits per heavy atom. The molecule has 0 saturated carbocycles. The maximum Gasteiger partial charge on any atom is 0.328 e. The first-order valence-corrected chi connectivity index (χ1v) is 10.8. The van der Waals surface area contributed by atoms with E-state index in [9.17, 15) is 19.2 Å². The number of carbonyl (C=O) groups is 4. The number of ether oxygens (including phenoxy) is 1. The largest absolute Gasteiger partial charge is 0.467 e. The lowest BCUT2D eigenvalue weighted by Gasteiger charge is -2.40. The van der Waals surface area contributed by atoms with Crippen molar-refractivity contribution in [2.24, 2.45) is 0 Å².